The molecule has 0 spiro atoms. The molecule has 0 fully saturated rings. The van der Waals surface area contributed by atoms with Gasteiger partial charge in [0.05, 0.1) is 6.54 Å². The first kappa shape index (κ1) is 19.2. The molecule has 3 aromatic rings. The van der Waals surface area contributed by atoms with Crippen molar-refractivity contribution in [3.63, 3.8) is 0 Å². The van der Waals surface area contributed by atoms with Crippen molar-refractivity contribution < 1.29 is 18.8 Å². The highest BCUT2D eigenvalue weighted by Gasteiger charge is 2.13. The van der Waals surface area contributed by atoms with Crippen LogP contribution >= 0.6 is 11.3 Å². The van der Waals surface area contributed by atoms with E-state index in [2.05, 4.69) is 15.6 Å². The van der Waals surface area contributed by atoms with Gasteiger partial charge in [-0.2, -0.15) is 0 Å². The summed E-state index contributed by atoms with van der Waals surface area (Å²) in [6, 6.07) is 12.1. The third-order valence-corrected chi connectivity index (χ3v) is 4.53. The van der Waals surface area contributed by atoms with Crippen LogP contribution in [0.25, 0.3) is 10.6 Å². The number of hydrogen-bond acceptors (Lipinski definition) is 5. The maximum absolute atomic E-state index is 13.0. The maximum Gasteiger partial charge on any atom is 0.275 e. The maximum atomic E-state index is 13.0. The van der Waals surface area contributed by atoms with E-state index in [-0.39, 0.29) is 23.6 Å². The second-order valence-corrected chi connectivity index (χ2v) is 6.59. The summed E-state index contributed by atoms with van der Waals surface area (Å²) in [5, 5.41) is 7.22. The summed E-state index contributed by atoms with van der Waals surface area (Å²) in [6.45, 7) is -0.277. The van der Waals surface area contributed by atoms with Crippen molar-refractivity contribution in [3.05, 3.63) is 71.0 Å². The van der Waals surface area contributed by atoms with Gasteiger partial charge < -0.3 is 16.4 Å². The number of primary amides is 1. The molecule has 1 heterocycles. The predicted molar refractivity (Wildman–Crippen MR) is 103 cm³/mol. The smallest absolute Gasteiger partial charge is 0.275 e. The monoisotopic (exact) mass is 398 g/mol. The van der Waals surface area contributed by atoms with E-state index in [0.29, 0.717) is 16.3 Å². The number of hydrogen-bond donors (Lipinski definition) is 3. The molecule has 9 heteroatoms. The minimum atomic E-state index is -0.654. The number of benzene rings is 2. The standard InChI is InChI=1S/C19H15FN4O3S/c20-13-6-4-11(5-7-13)19-24-15(10-28-19)18(27)23-14-3-1-2-12(8-14)17(26)22-9-16(21)25/h1-8,10H,9H2,(H2,21,25)(H,22,26)(H,23,27). The Kier molecular flexibility index (Phi) is 5.75. The topological polar surface area (TPSA) is 114 Å². The summed E-state index contributed by atoms with van der Waals surface area (Å²) in [5.74, 6) is -1.93. The number of aromatic nitrogens is 1. The first-order valence-electron chi connectivity index (χ1n) is 8.12. The molecule has 0 aliphatic rings. The third kappa shape index (κ3) is 4.77. The SMILES string of the molecule is NC(=O)CNC(=O)c1cccc(NC(=O)c2csc(-c3ccc(F)cc3)n2)c1. The lowest BCUT2D eigenvalue weighted by Crippen LogP contribution is -2.33. The zero-order valence-corrected chi connectivity index (χ0v) is 15.3. The van der Waals surface area contributed by atoms with Crippen molar-refractivity contribution >= 4 is 34.7 Å². The normalized spacial score (nSPS) is 10.3. The Morgan fingerprint density at radius 2 is 1.82 bits per heavy atom. The van der Waals surface area contributed by atoms with Gasteiger partial charge in [0.15, 0.2) is 0 Å². The Hall–Kier alpha value is -3.59. The molecule has 28 heavy (non-hydrogen) atoms. The lowest BCUT2D eigenvalue weighted by atomic mass is 10.2. The van der Waals surface area contributed by atoms with Crippen LogP contribution < -0.4 is 16.4 Å². The van der Waals surface area contributed by atoms with E-state index in [0.717, 1.165) is 0 Å². The largest absolute Gasteiger partial charge is 0.368 e. The summed E-state index contributed by atoms with van der Waals surface area (Å²) in [5.41, 5.74) is 6.57. The number of halogens is 1. The lowest BCUT2D eigenvalue weighted by Gasteiger charge is -2.07. The fourth-order valence-electron chi connectivity index (χ4n) is 2.31. The van der Waals surface area contributed by atoms with Crippen molar-refractivity contribution in [2.24, 2.45) is 5.73 Å². The number of carbonyl (C=O) groups is 3. The Bertz CT molecular complexity index is 1030. The average Bonchev–Trinajstić information content (AvgIpc) is 3.17. The highest BCUT2D eigenvalue weighted by Crippen LogP contribution is 2.24. The highest BCUT2D eigenvalue weighted by atomic mass is 32.1. The first-order chi connectivity index (χ1) is 13.4. The van der Waals surface area contributed by atoms with Crippen LogP contribution in [0.4, 0.5) is 10.1 Å². The van der Waals surface area contributed by atoms with Crippen LogP contribution in [0.1, 0.15) is 20.8 Å². The minimum absolute atomic E-state index is 0.202. The van der Waals surface area contributed by atoms with Gasteiger partial charge in [-0.25, -0.2) is 9.37 Å². The number of nitrogens with zero attached hydrogens (tertiary/aromatic N) is 1. The van der Waals surface area contributed by atoms with Crippen molar-refractivity contribution in [2.45, 2.75) is 0 Å². The van der Waals surface area contributed by atoms with E-state index in [1.165, 1.54) is 29.5 Å². The zero-order valence-electron chi connectivity index (χ0n) is 14.4. The van der Waals surface area contributed by atoms with Gasteiger partial charge in [0.25, 0.3) is 11.8 Å². The fraction of sp³-hybridized carbons (Fsp3) is 0.0526. The van der Waals surface area contributed by atoms with E-state index < -0.39 is 17.7 Å². The molecule has 3 rings (SSSR count). The molecular weight excluding hydrogens is 383 g/mol. The van der Waals surface area contributed by atoms with E-state index in [9.17, 15) is 18.8 Å². The number of rotatable bonds is 6. The number of thiazole rings is 1. The molecule has 3 amide bonds. The van der Waals surface area contributed by atoms with E-state index in [1.54, 1.807) is 35.7 Å². The van der Waals surface area contributed by atoms with Crippen molar-refractivity contribution in [1.82, 2.24) is 10.3 Å². The average molecular weight is 398 g/mol. The van der Waals surface area contributed by atoms with E-state index in [4.69, 9.17) is 5.73 Å². The van der Waals surface area contributed by atoms with Gasteiger partial charge in [-0.15, -0.1) is 11.3 Å². The van der Waals surface area contributed by atoms with Crippen molar-refractivity contribution in [2.75, 3.05) is 11.9 Å². The summed E-state index contributed by atoms with van der Waals surface area (Å²) < 4.78 is 13.0. The molecule has 0 bridgehead atoms. The second-order valence-electron chi connectivity index (χ2n) is 5.73. The molecule has 0 aliphatic carbocycles. The van der Waals surface area contributed by atoms with Crippen LogP contribution in [0, 0.1) is 5.82 Å². The van der Waals surface area contributed by atoms with Crippen LogP contribution in [0.3, 0.4) is 0 Å². The summed E-state index contributed by atoms with van der Waals surface area (Å²) in [6.07, 6.45) is 0. The predicted octanol–water partition coefficient (Wildman–Crippen LogP) is 2.42. The Morgan fingerprint density at radius 3 is 2.54 bits per heavy atom. The van der Waals surface area contributed by atoms with Gasteiger partial charge in [0, 0.05) is 22.2 Å². The van der Waals surface area contributed by atoms with Crippen LogP contribution in [0.5, 0.6) is 0 Å². The van der Waals surface area contributed by atoms with Crippen LogP contribution in [0.15, 0.2) is 53.9 Å². The minimum Gasteiger partial charge on any atom is -0.368 e. The van der Waals surface area contributed by atoms with Crippen LogP contribution in [-0.4, -0.2) is 29.3 Å². The fourth-order valence-corrected chi connectivity index (χ4v) is 3.11. The molecule has 1 aromatic heterocycles. The van der Waals surface area contributed by atoms with Crippen molar-refractivity contribution in [1.29, 1.82) is 0 Å². The number of nitrogens with two attached hydrogens (primary N) is 1. The van der Waals surface area contributed by atoms with E-state index >= 15 is 0 Å². The highest BCUT2D eigenvalue weighted by molar-refractivity contribution is 7.13. The molecule has 0 aliphatic heterocycles. The van der Waals surface area contributed by atoms with Gasteiger partial charge in [0.2, 0.25) is 5.91 Å². The molecular formula is C19H15FN4O3S. The van der Waals surface area contributed by atoms with Gasteiger partial charge in [0.1, 0.15) is 16.5 Å². The molecule has 0 saturated carbocycles. The number of anilines is 1. The molecule has 7 nitrogen and oxygen atoms in total. The second kappa shape index (κ2) is 8.40. The molecule has 0 radical (unpaired) electrons. The summed E-state index contributed by atoms with van der Waals surface area (Å²) >= 11 is 1.26. The van der Waals surface area contributed by atoms with Crippen LogP contribution in [-0.2, 0) is 4.79 Å². The Balaban J connectivity index is 1.70. The molecule has 0 unspecified atom stereocenters. The van der Waals surface area contributed by atoms with Crippen LogP contribution in [0.2, 0.25) is 0 Å². The molecule has 0 saturated heterocycles. The molecule has 0 atom stereocenters. The summed E-state index contributed by atoms with van der Waals surface area (Å²) in [7, 11) is 0. The van der Waals surface area contributed by atoms with Crippen molar-refractivity contribution in [3.8, 4) is 10.6 Å². The number of carbonyl (C=O) groups excluding carboxylic acids is 3. The molecule has 142 valence electrons. The van der Waals surface area contributed by atoms with Gasteiger partial charge in [-0.3, -0.25) is 14.4 Å². The molecule has 4 N–H and O–H groups in total. The van der Waals surface area contributed by atoms with Gasteiger partial charge in [-0.05, 0) is 42.5 Å². The summed E-state index contributed by atoms with van der Waals surface area (Å²) in [4.78, 5) is 39.4. The van der Waals surface area contributed by atoms with E-state index in [1.807, 2.05) is 0 Å². The first-order valence-corrected chi connectivity index (χ1v) is 9.00. The quantitative estimate of drug-likeness (QED) is 0.592. The lowest BCUT2D eigenvalue weighted by molar-refractivity contribution is -0.117. The zero-order chi connectivity index (χ0) is 20.1. The number of nitrogens with one attached hydrogen (secondary N) is 2. The number of amides is 3. The molecule has 2 aromatic carbocycles. The van der Waals surface area contributed by atoms with Gasteiger partial charge in [-0.1, -0.05) is 6.07 Å². The third-order valence-electron chi connectivity index (χ3n) is 3.63. The Labute approximate surface area is 163 Å². The Morgan fingerprint density at radius 1 is 1.07 bits per heavy atom. The van der Waals surface area contributed by atoms with Gasteiger partial charge >= 0.3 is 0 Å².